The molecule has 2 aromatic carbocycles. The summed E-state index contributed by atoms with van der Waals surface area (Å²) in [6, 6.07) is 13.1. The van der Waals surface area contributed by atoms with Gasteiger partial charge in [0.05, 0.1) is 5.56 Å². The number of hydrogen-bond acceptors (Lipinski definition) is 2. The fraction of sp³-hybridized carbons (Fsp3) is 0.235. The molecular weight excluding hydrogens is 284 g/mol. The van der Waals surface area contributed by atoms with Crippen LogP contribution in [0, 0.1) is 0 Å². The highest BCUT2D eigenvalue weighted by Crippen LogP contribution is 2.22. The van der Waals surface area contributed by atoms with Crippen molar-refractivity contribution in [3.05, 3.63) is 58.6 Å². The molecule has 2 rings (SSSR count). The summed E-state index contributed by atoms with van der Waals surface area (Å²) in [7, 11) is 1.78. The van der Waals surface area contributed by atoms with E-state index in [-0.39, 0.29) is 5.91 Å². The highest BCUT2D eigenvalue weighted by Gasteiger charge is 2.12. The van der Waals surface area contributed by atoms with Crippen molar-refractivity contribution in [2.24, 2.45) is 0 Å². The molecule has 0 spiro atoms. The van der Waals surface area contributed by atoms with Crippen LogP contribution in [0.4, 0.5) is 11.4 Å². The molecule has 0 fully saturated rings. The van der Waals surface area contributed by atoms with Crippen molar-refractivity contribution in [2.75, 3.05) is 17.7 Å². The van der Waals surface area contributed by atoms with Crippen LogP contribution < -0.4 is 10.6 Å². The predicted octanol–water partition coefficient (Wildman–Crippen LogP) is 4.76. The van der Waals surface area contributed by atoms with Crippen LogP contribution in [0.25, 0.3) is 0 Å². The average molecular weight is 303 g/mol. The predicted molar refractivity (Wildman–Crippen MR) is 89.5 cm³/mol. The van der Waals surface area contributed by atoms with E-state index in [1.807, 2.05) is 24.3 Å². The van der Waals surface area contributed by atoms with Crippen LogP contribution in [-0.2, 0) is 0 Å². The highest BCUT2D eigenvalue weighted by atomic mass is 35.5. The molecule has 0 aromatic heterocycles. The van der Waals surface area contributed by atoms with Crippen molar-refractivity contribution in [1.29, 1.82) is 0 Å². The van der Waals surface area contributed by atoms with Crippen molar-refractivity contribution < 1.29 is 4.79 Å². The van der Waals surface area contributed by atoms with Gasteiger partial charge in [0.2, 0.25) is 0 Å². The van der Waals surface area contributed by atoms with Crippen molar-refractivity contribution in [3.8, 4) is 0 Å². The zero-order chi connectivity index (χ0) is 15.4. The molecule has 1 amide bonds. The second kappa shape index (κ2) is 6.64. The minimum atomic E-state index is -0.181. The summed E-state index contributed by atoms with van der Waals surface area (Å²) in [6.07, 6.45) is 0. The fourth-order valence-electron chi connectivity index (χ4n) is 2.07. The Kier molecular flexibility index (Phi) is 4.86. The van der Waals surface area contributed by atoms with Crippen LogP contribution in [0.1, 0.15) is 35.7 Å². The van der Waals surface area contributed by atoms with E-state index in [2.05, 4.69) is 24.5 Å². The zero-order valence-corrected chi connectivity index (χ0v) is 13.2. The van der Waals surface area contributed by atoms with Gasteiger partial charge in [-0.2, -0.15) is 0 Å². The summed E-state index contributed by atoms with van der Waals surface area (Å²) in [4.78, 5) is 12.4. The molecule has 0 heterocycles. The van der Waals surface area contributed by atoms with Crippen molar-refractivity contribution in [2.45, 2.75) is 19.8 Å². The molecule has 0 aliphatic carbocycles. The topological polar surface area (TPSA) is 41.1 Å². The Labute approximate surface area is 130 Å². The second-order valence-electron chi connectivity index (χ2n) is 5.17. The van der Waals surface area contributed by atoms with E-state index in [0.29, 0.717) is 16.5 Å². The second-order valence-corrected chi connectivity index (χ2v) is 5.61. The SMILES string of the molecule is CNc1ccc(Cl)cc1C(=O)Nc1ccc(C(C)C)cc1. The third-order valence-electron chi connectivity index (χ3n) is 3.33. The molecule has 110 valence electrons. The van der Waals surface area contributed by atoms with Gasteiger partial charge in [-0.25, -0.2) is 0 Å². The molecule has 0 unspecified atom stereocenters. The lowest BCUT2D eigenvalue weighted by atomic mass is 10.0. The number of nitrogens with one attached hydrogen (secondary N) is 2. The van der Waals surface area contributed by atoms with Crippen molar-refractivity contribution in [1.82, 2.24) is 0 Å². The number of hydrogen-bond donors (Lipinski definition) is 2. The van der Waals surface area contributed by atoms with E-state index < -0.39 is 0 Å². The van der Waals surface area contributed by atoms with Gasteiger partial charge in [-0.1, -0.05) is 37.6 Å². The van der Waals surface area contributed by atoms with Gasteiger partial charge < -0.3 is 10.6 Å². The Bertz CT molecular complexity index is 636. The van der Waals surface area contributed by atoms with E-state index in [0.717, 1.165) is 11.4 Å². The van der Waals surface area contributed by atoms with Crippen LogP contribution in [0.2, 0.25) is 5.02 Å². The number of carbonyl (C=O) groups is 1. The average Bonchev–Trinajstić information content (AvgIpc) is 2.47. The largest absolute Gasteiger partial charge is 0.387 e. The first kappa shape index (κ1) is 15.4. The number of carbonyl (C=O) groups excluding carboxylic acids is 1. The first-order valence-electron chi connectivity index (χ1n) is 6.90. The lowest BCUT2D eigenvalue weighted by Crippen LogP contribution is -2.14. The van der Waals surface area contributed by atoms with Gasteiger partial charge in [0.1, 0.15) is 0 Å². The van der Waals surface area contributed by atoms with Crippen LogP contribution in [0.5, 0.6) is 0 Å². The minimum Gasteiger partial charge on any atom is -0.387 e. The summed E-state index contributed by atoms with van der Waals surface area (Å²) in [6.45, 7) is 4.28. The minimum absolute atomic E-state index is 0.181. The molecule has 0 saturated carbocycles. The monoisotopic (exact) mass is 302 g/mol. The van der Waals surface area contributed by atoms with E-state index in [1.165, 1.54) is 5.56 Å². The lowest BCUT2D eigenvalue weighted by molar-refractivity contribution is 0.102. The third kappa shape index (κ3) is 3.76. The number of rotatable bonds is 4. The maximum absolute atomic E-state index is 12.4. The Morgan fingerprint density at radius 1 is 1.10 bits per heavy atom. The normalized spacial score (nSPS) is 10.5. The number of halogens is 1. The molecule has 0 saturated heterocycles. The first-order chi connectivity index (χ1) is 10.0. The Morgan fingerprint density at radius 3 is 2.33 bits per heavy atom. The Morgan fingerprint density at radius 2 is 1.76 bits per heavy atom. The summed E-state index contributed by atoms with van der Waals surface area (Å²) >= 11 is 5.97. The maximum Gasteiger partial charge on any atom is 0.257 e. The zero-order valence-electron chi connectivity index (χ0n) is 12.4. The molecule has 0 aliphatic rings. The molecule has 3 nitrogen and oxygen atoms in total. The standard InChI is InChI=1S/C17H19ClN2O/c1-11(2)12-4-7-14(8-5-12)20-17(21)15-10-13(18)6-9-16(15)19-3/h4-11,19H,1-3H3,(H,20,21). The number of anilines is 2. The molecule has 4 heteroatoms. The Balaban J connectivity index is 2.19. The highest BCUT2D eigenvalue weighted by molar-refractivity contribution is 6.31. The van der Waals surface area contributed by atoms with Gasteiger partial charge in [-0.15, -0.1) is 0 Å². The molecule has 0 radical (unpaired) electrons. The summed E-state index contributed by atoms with van der Waals surface area (Å²) in [5.74, 6) is 0.290. The Hall–Kier alpha value is -2.00. The molecule has 2 aromatic rings. The lowest BCUT2D eigenvalue weighted by Gasteiger charge is -2.11. The summed E-state index contributed by atoms with van der Waals surface area (Å²) in [5, 5.41) is 6.42. The van der Waals surface area contributed by atoms with E-state index >= 15 is 0 Å². The van der Waals surface area contributed by atoms with Gasteiger partial charge >= 0.3 is 0 Å². The fourth-order valence-corrected chi connectivity index (χ4v) is 2.24. The molecule has 0 aliphatic heterocycles. The van der Waals surface area contributed by atoms with Crippen LogP contribution in [0.15, 0.2) is 42.5 Å². The van der Waals surface area contributed by atoms with Gasteiger partial charge in [0, 0.05) is 23.4 Å². The third-order valence-corrected chi connectivity index (χ3v) is 3.57. The van der Waals surface area contributed by atoms with Crippen LogP contribution in [-0.4, -0.2) is 13.0 Å². The van der Waals surface area contributed by atoms with Crippen molar-refractivity contribution in [3.63, 3.8) is 0 Å². The van der Waals surface area contributed by atoms with E-state index in [1.54, 1.807) is 25.2 Å². The summed E-state index contributed by atoms with van der Waals surface area (Å²) < 4.78 is 0. The smallest absolute Gasteiger partial charge is 0.257 e. The van der Waals surface area contributed by atoms with E-state index in [4.69, 9.17) is 11.6 Å². The van der Waals surface area contributed by atoms with Gasteiger partial charge in [0.15, 0.2) is 0 Å². The van der Waals surface area contributed by atoms with Crippen LogP contribution in [0.3, 0.4) is 0 Å². The maximum atomic E-state index is 12.4. The molecule has 0 atom stereocenters. The number of benzene rings is 2. The van der Waals surface area contributed by atoms with E-state index in [9.17, 15) is 4.79 Å². The first-order valence-corrected chi connectivity index (χ1v) is 7.27. The van der Waals surface area contributed by atoms with Crippen LogP contribution >= 0.6 is 11.6 Å². The molecular formula is C17H19ClN2O. The molecule has 2 N–H and O–H groups in total. The van der Waals surface area contributed by atoms with Gasteiger partial charge in [0.25, 0.3) is 5.91 Å². The van der Waals surface area contributed by atoms with Gasteiger partial charge in [-0.05, 0) is 41.8 Å². The van der Waals surface area contributed by atoms with Gasteiger partial charge in [-0.3, -0.25) is 4.79 Å². The van der Waals surface area contributed by atoms with Crippen molar-refractivity contribution >= 4 is 28.9 Å². The number of amides is 1. The summed E-state index contributed by atoms with van der Waals surface area (Å²) in [5.41, 5.74) is 3.28. The quantitative estimate of drug-likeness (QED) is 0.855. The molecule has 0 bridgehead atoms. The molecule has 21 heavy (non-hydrogen) atoms.